The molecule has 0 spiro atoms. The van der Waals surface area contributed by atoms with Crippen molar-refractivity contribution in [2.75, 3.05) is 13.7 Å². The Kier molecular flexibility index (Phi) is 8.90. The van der Waals surface area contributed by atoms with Gasteiger partial charge in [0.1, 0.15) is 65.2 Å². The van der Waals surface area contributed by atoms with E-state index >= 15 is 0 Å². The first-order valence-electron chi connectivity index (χ1n) is 13.4. The average molecular weight is 625 g/mol. The number of hydrogen-bond acceptors (Lipinski definition) is 16. The number of aliphatic hydroxyl groups is 7. The number of aromatic hydroxyl groups is 2. The summed E-state index contributed by atoms with van der Waals surface area (Å²) < 4.78 is 33.3. The van der Waals surface area contributed by atoms with Crippen LogP contribution in [0.25, 0.3) is 22.3 Å². The molecule has 240 valence electrons. The quantitative estimate of drug-likeness (QED) is 0.141. The fraction of sp³-hybridized carbons (Fsp3) is 0.464. The lowest BCUT2D eigenvalue weighted by atomic mass is 9.99. The van der Waals surface area contributed by atoms with Gasteiger partial charge in [0.05, 0.1) is 19.8 Å². The number of benzene rings is 2. The van der Waals surface area contributed by atoms with Crippen LogP contribution in [0, 0.1) is 0 Å². The molecule has 3 heterocycles. The van der Waals surface area contributed by atoms with E-state index in [1.54, 1.807) is 0 Å². The van der Waals surface area contributed by atoms with Crippen molar-refractivity contribution in [2.24, 2.45) is 0 Å². The molecule has 2 aromatic carbocycles. The fourth-order valence-electron chi connectivity index (χ4n) is 4.97. The highest BCUT2D eigenvalue weighted by atomic mass is 16.7. The Balaban J connectivity index is 1.61. The summed E-state index contributed by atoms with van der Waals surface area (Å²) in [5, 5.41) is 91.3. The first-order chi connectivity index (χ1) is 20.9. The minimum Gasteiger partial charge on any atom is -0.507 e. The zero-order chi connectivity index (χ0) is 32.0. The highest BCUT2D eigenvalue weighted by Crippen LogP contribution is 2.40. The van der Waals surface area contributed by atoms with Gasteiger partial charge in [-0.25, -0.2) is 0 Å². The van der Waals surface area contributed by atoms with Crippen molar-refractivity contribution in [3.8, 4) is 40.1 Å². The van der Waals surface area contributed by atoms with E-state index in [-0.39, 0.29) is 34.2 Å². The van der Waals surface area contributed by atoms with E-state index < -0.39 is 90.3 Å². The Hall–Kier alpha value is -3.71. The molecule has 2 aliphatic rings. The van der Waals surface area contributed by atoms with Gasteiger partial charge in [-0.3, -0.25) is 4.79 Å². The van der Waals surface area contributed by atoms with Gasteiger partial charge in [-0.1, -0.05) is 0 Å². The first kappa shape index (κ1) is 31.7. The lowest BCUT2D eigenvalue weighted by Crippen LogP contribution is -2.60. The summed E-state index contributed by atoms with van der Waals surface area (Å²) in [6, 6.07) is 6.02. The predicted molar refractivity (Wildman–Crippen MR) is 145 cm³/mol. The van der Waals surface area contributed by atoms with Gasteiger partial charge in [0.25, 0.3) is 0 Å². The molecular formula is C28H32O16. The van der Waals surface area contributed by atoms with Crippen molar-refractivity contribution in [1.82, 2.24) is 0 Å². The lowest BCUT2D eigenvalue weighted by molar-refractivity contribution is -0.277. The van der Waals surface area contributed by atoms with Crippen molar-refractivity contribution < 1.29 is 74.1 Å². The molecule has 3 aromatic rings. The van der Waals surface area contributed by atoms with Crippen LogP contribution in [0.3, 0.4) is 0 Å². The van der Waals surface area contributed by atoms with Crippen LogP contribution >= 0.6 is 0 Å². The number of rotatable bonds is 7. The third-order valence-electron chi connectivity index (χ3n) is 7.49. The molecule has 44 heavy (non-hydrogen) atoms. The Bertz CT molecular complexity index is 1550. The van der Waals surface area contributed by atoms with Crippen molar-refractivity contribution in [2.45, 2.75) is 68.3 Å². The van der Waals surface area contributed by atoms with E-state index in [9.17, 15) is 50.8 Å². The standard InChI is InChI=1S/C28H32O16/c1-9-18(32)21(35)23(37)27(40-9)44-26-20(34)17-13(31)6-11(41-28-24(38)22(36)19(33)16(8-29)43-28)7-15(17)42-25(26)10-3-4-12(30)14(5-10)39-2/h3-7,9,16,18-19,21-24,27-33,35-38H,8H2,1-2H3/t9-,16+,18-,19+,21+,22-,23+,24+,27-,28+/m0/s1. The first-order valence-corrected chi connectivity index (χ1v) is 13.4. The number of phenols is 2. The summed E-state index contributed by atoms with van der Waals surface area (Å²) in [7, 11) is 1.29. The van der Waals surface area contributed by atoms with Crippen LogP contribution in [-0.2, 0) is 9.47 Å². The molecule has 0 bridgehead atoms. The van der Waals surface area contributed by atoms with E-state index in [0.29, 0.717) is 0 Å². The second-order valence-electron chi connectivity index (χ2n) is 10.4. The number of methoxy groups -OCH3 is 1. The van der Waals surface area contributed by atoms with Gasteiger partial charge in [0.2, 0.25) is 23.8 Å². The van der Waals surface area contributed by atoms with Crippen LogP contribution in [0.4, 0.5) is 0 Å². The monoisotopic (exact) mass is 624 g/mol. The molecule has 10 atom stereocenters. The van der Waals surface area contributed by atoms with Crippen molar-refractivity contribution >= 4 is 11.0 Å². The summed E-state index contributed by atoms with van der Waals surface area (Å²) in [6.45, 7) is 0.701. The van der Waals surface area contributed by atoms with Crippen LogP contribution in [-0.4, -0.2) is 121 Å². The largest absolute Gasteiger partial charge is 0.507 e. The Morgan fingerprint density at radius 3 is 2.11 bits per heavy atom. The maximum Gasteiger partial charge on any atom is 0.239 e. The second-order valence-corrected chi connectivity index (χ2v) is 10.4. The highest BCUT2D eigenvalue weighted by molar-refractivity contribution is 5.88. The van der Waals surface area contributed by atoms with Crippen LogP contribution < -0.4 is 19.6 Å². The minimum atomic E-state index is -1.80. The number of fused-ring (bicyclic) bond motifs is 1. The topological polar surface area (TPSA) is 258 Å². The van der Waals surface area contributed by atoms with Gasteiger partial charge in [-0.15, -0.1) is 0 Å². The maximum atomic E-state index is 13.8. The van der Waals surface area contributed by atoms with E-state index in [4.69, 9.17) is 28.1 Å². The average Bonchev–Trinajstić information content (AvgIpc) is 3.00. The van der Waals surface area contributed by atoms with Gasteiger partial charge in [0, 0.05) is 17.7 Å². The van der Waals surface area contributed by atoms with Crippen LogP contribution in [0.15, 0.2) is 39.5 Å². The van der Waals surface area contributed by atoms with E-state index in [2.05, 4.69) is 0 Å². The Labute approximate surface area is 248 Å². The van der Waals surface area contributed by atoms with Crippen molar-refractivity contribution in [1.29, 1.82) is 0 Å². The van der Waals surface area contributed by atoms with E-state index in [1.807, 2.05) is 0 Å². The number of aliphatic hydroxyl groups excluding tert-OH is 7. The third kappa shape index (κ3) is 5.63. The SMILES string of the molecule is COc1cc(-c2oc3cc(O[C@@H]4O[C@H](CO)[C@@H](O)[C@H](O)[C@H]4O)cc(O)c3c(=O)c2O[C@@H]2O[C@@H](C)[C@H](O)[C@@H](O)[C@H]2O)ccc1O. The molecular weight excluding hydrogens is 592 g/mol. The van der Waals surface area contributed by atoms with Crippen LogP contribution in [0.1, 0.15) is 6.92 Å². The van der Waals surface area contributed by atoms with Gasteiger partial charge < -0.3 is 74.1 Å². The summed E-state index contributed by atoms with van der Waals surface area (Å²) in [6.07, 6.45) is -15.7. The summed E-state index contributed by atoms with van der Waals surface area (Å²) in [5.74, 6) is -2.05. The molecule has 9 N–H and O–H groups in total. The van der Waals surface area contributed by atoms with Crippen LogP contribution in [0.2, 0.25) is 0 Å². The minimum absolute atomic E-state index is 0.0140. The molecule has 0 saturated carbocycles. The fourth-order valence-corrected chi connectivity index (χ4v) is 4.97. The third-order valence-corrected chi connectivity index (χ3v) is 7.49. The van der Waals surface area contributed by atoms with Gasteiger partial charge in [-0.2, -0.15) is 0 Å². The Morgan fingerprint density at radius 2 is 1.45 bits per heavy atom. The van der Waals surface area contributed by atoms with Crippen molar-refractivity contribution in [3.05, 3.63) is 40.6 Å². The smallest absolute Gasteiger partial charge is 0.239 e. The molecule has 1 aromatic heterocycles. The van der Waals surface area contributed by atoms with Crippen LogP contribution in [0.5, 0.6) is 28.7 Å². The molecule has 5 rings (SSSR count). The summed E-state index contributed by atoms with van der Waals surface area (Å²) in [4.78, 5) is 13.8. The second kappa shape index (κ2) is 12.4. The molecule has 2 saturated heterocycles. The molecule has 2 fully saturated rings. The normalized spacial score (nSPS) is 32.4. The summed E-state index contributed by atoms with van der Waals surface area (Å²) in [5.41, 5.74) is -1.13. The van der Waals surface area contributed by atoms with Crippen molar-refractivity contribution in [3.63, 3.8) is 0 Å². The molecule has 16 heteroatoms. The number of ether oxygens (including phenoxy) is 5. The zero-order valence-electron chi connectivity index (χ0n) is 23.3. The van der Waals surface area contributed by atoms with E-state index in [1.165, 1.54) is 32.2 Å². The molecule has 16 nitrogen and oxygen atoms in total. The number of hydrogen-bond donors (Lipinski definition) is 9. The molecule has 0 unspecified atom stereocenters. The Morgan fingerprint density at radius 1 is 0.795 bits per heavy atom. The molecule has 0 radical (unpaired) electrons. The maximum absolute atomic E-state index is 13.8. The van der Waals surface area contributed by atoms with Gasteiger partial charge in [-0.05, 0) is 25.1 Å². The van der Waals surface area contributed by atoms with Gasteiger partial charge >= 0.3 is 0 Å². The molecule has 0 aliphatic carbocycles. The summed E-state index contributed by atoms with van der Waals surface area (Å²) >= 11 is 0. The highest BCUT2D eigenvalue weighted by Gasteiger charge is 2.45. The number of phenolic OH excluding ortho intramolecular Hbond substituents is 2. The lowest BCUT2D eigenvalue weighted by Gasteiger charge is -2.39. The predicted octanol–water partition coefficient (Wildman–Crippen LogP) is -1.74. The zero-order valence-corrected chi connectivity index (χ0v) is 23.3. The van der Waals surface area contributed by atoms with Gasteiger partial charge in [0.15, 0.2) is 17.3 Å². The van der Waals surface area contributed by atoms with E-state index in [0.717, 1.165) is 12.1 Å². The molecule has 0 amide bonds. The molecule has 2 aliphatic heterocycles.